The summed E-state index contributed by atoms with van der Waals surface area (Å²) in [6.45, 7) is 1.61. The lowest BCUT2D eigenvalue weighted by Gasteiger charge is -2.17. The van der Waals surface area contributed by atoms with Crippen molar-refractivity contribution in [2.24, 2.45) is 17.6 Å². The lowest BCUT2D eigenvalue weighted by atomic mass is 9.98. The molecule has 2 heterocycles. The maximum Gasteiger partial charge on any atom is 0.271 e. The van der Waals surface area contributed by atoms with E-state index in [1.807, 2.05) is 41.3 Å². The number of carbonyl (C=O) groups is 1. The summed E-state index contributed by atoms with van der Waals surface area (Å²) < 4.78 is 0. The Morgan fingerprint density at radius 2 is 2.00 bits per heavy atom. The Bertz CT molecular complexity index is 687. The molecule has 0 spiro atoms. The van der Waals surface area contributed by atoms with Gasteiger partial charge < -0.3 is 10.6 Å². The predicted molar refractivity (Wildman–Crippen MR) is 91.4 cm³/mol. The van der Waals surface area contributed by atoms with Gasteiger partial charge in [-0.2, -0.15) is 5.10 Å². The van der Waals surface area contributed by atoms with Gasteiger partial charge >= 0.3 is 0 Å². The van der Waals surface area contributed by atoms with Crippen LogP contribution in [0.15, 0.2) is 36.4 Å². The van der Waals surface area contributed by atoms with Gasteiger partial charge in [0, 0.05) is 24.7 Å². The molecule has 3 N–H and O–H groups in total. The van der Waals surface area contributed by atoms with E-state index in [4.69, 9.17) is 5.73 Å². The highest BCUT2D eigenvalue weighted by molar-refractivity contribution is 5.93. The Kier molecular flexibility index (Phi) is 4.41. The van der Waals surface area contributed by atoms with Crippen LogP contribution in [0.4, 0.5) is 0 Å². The van der Waals surface area contributed by atoms with Crippen molar-refractivity contribution in [3.63, 3.8) is 0 Å². The first kappa shape index (κ1) is 16.0. The SMILES string of the molecule is Cl.NC1CCC2CN(C(=O)c3cc(-c4ccccc4)n[nH]3)CC12. The molecule has 2 fully saturated rings. The topological polar surface area (TPSA) is 75.0 Å². The molecule has 1 saturated heterocycles. The fraction of sp³-hybridized carbons (Fsp3) is 0.412. The summed E-state index contributed by atoms with van der Waals surface area (Å²) in [7, 11) is 0. The van der Waals surface area contributed by atoms with Crippen LogP contribution in [-0.2, 0) is 0 Å². The van der Waals surface area contributed by atoms with Crippen LogP contribution in [-0.4, -0.2) is 40.1 Å². The summed E-state index contributed by atoms with van der Waals surface area (Å²) >= 11 is 0. The highest BCUT2D eigenvalue weighted by Gasteiger charge is 2.42. The van der Waals surface area contributed by atoms with Crippen LogP contribution in [0.25, 0.3) is 11.3 Å². The van der Waals surface area contributed by atoms with Gasteiger partial charge in [-0.15, -0.1) is 12.4 Å². The normalized spacial score (nSPS) is 26.0. The third-order valence-electron chi connectivity index (χ3n) is 5.08. The summed E-state index contributed by atoms with van der Waals surface area (Å²) in [6, 6.07) is 12.0. The van der Waals surface area contributed by atoms with Gasteiger partial charge in [-0.3, -0.25) is 9.89 Å². The number of aromatic amines is 1. The Morgan fingerprint density at radius 1 is 1.22 bits per heavy atom. The van der Waals surface area contributed by atoms with E-state index in [1.54, 1.807) is 0 Å². The zero-order valence-electron chi connectivity index (χ0n) is 12.8. The number of carbonyl (C=O) groups excluding carboxylic acids is 1. The molecule has 122 valence electrons. The third-order valence-corrected chi connectivity index (χ3v) is 5.08. The van der Waals surface area contributed by atoms with Crippen molar-refractivity contribution in [1.29, 1.82) is 0 Å². The van der Waals surface area contributed by atoms with E-state index >= 15 is 0 Å². The molecule has 3 atom stereocenters. The molecule has 4 rings (SSSR count). The number of amides is 1. The van der Waals surface area contributed by atoms with Gasteiger partial charge in [0.15, 0.2) is 0 Å². The number of hydrogen-bond donors (Lipinski definition) is 2. The molecule has 3 unspecified atom stereocenters. The molecule has 6 heteroatoms. The first-order valence-electron chi connectivity index (χ1n) is 7.88. The van der Waals surface area contributed by atoms with Crippen molar-refractivity contribution < 1.29 is 4.79 Å². The number of aromatic nitrogens is 2. The fourth-order valence-electron chi connectivity index (χ4n) is 3.83. The Hall–Kier alpha value is -1.85. The van der Waals surface area contributed by atoms with Gasteiger partial charge in [-0.1, -0.05) is 30.3 Å². The number of nitrogens with two attached hydrogens (primary N) is 1. The summed E-state index contributed by atoms with van der Waals surface area (Å²) in [5, 5.41) is 7.15. The molecule has 0 radical (unpaired) electrons. The van der Waals surface area contributed by atoms with Crippen molar-refractivity contribution in [2.45, 2.75) is 18.9 Å². The van der Waals surface area contributed by atoms with E-state index in [9.17, 15) is 4.79 Å². The third kappa shape index (κ3) is 2.86. The summed E-state index contributed by atoms with van der Waals surface area (Å²) in [5.74, 6) is 1.09. The second-order valence-electron chi connectivity index (χ2n) is 6.41. The molecule has 1 aromatic carbocycles. The van der Waals surface area contributed by atoms with Crippen LogP contribution in [0.3, 0.4) is 0 Å². The van der Waals surface area contributed by atoms with Gasteiger partial charge in [0.2, 0.25) is 0 Å². The van der Waals surface area contributed by atoms with Crippen LogP contribution < -0.4 is 5.73 Å². The number of nitrogens with one attached hydrogen (secondary N) is 1. The average molecular weight is 333 g/mol. The summed E-state index contributed by atoms with van der Waals surface area (Å²) in [6.07, 6.45) is 2.24. The van der Waals surface area contributed by atoms with E-state index < -0.39 is 0 Å². The number of likely N-dealkylation sites (tertiary alicyclic amines) is 1. The van der Waals surface area contributed by atoms with E-state index in [-0.39, 0.29) is 24.4 Å². The summed E-state index contributed by atoms with van der Waals surface area (Å²) in [4.78, 5) is 14.6. The number of hydrogen-bond acceptors (Lipinski definition) is 3. The van der Waals surface area contributed by atoms with Gasteiger partial charge in [0.1, 0.15) is 5.69 Å². The van der Waals surface area contributed by atoms with Crippen molar-refractivity contribution in [2.75, 3.05) is 13.1 Å². The van der Waals surface area contributed by atoms with Gasteiger partial charge in [0.05, 0.1) is 5.69 Å². The van der Waals surface area contributed by atoms with Crippen molar-refractivity contribution in [3.05, 3.63) is 42.1 Å². The highest BCUT2D eigenvalue weighted by Crippen LogP contribution is 2.37. The second kappa shape index (κ2) is 6.34. The molecule has 1 saturated carbocycles. The van der Waals surface area contributed by atoms with Crippen LogP contribution in [0, 0.1) is 11.8 Å². The molecule has 5 nitrogen and oxygen atoms in total. The second-order valence-corrected chi connectivity index (χ2v) is 6.41. The number of halogens is 1. The highest BCUT2D eigenvalue weighted by atomic mass is 35.5. The standard InChI is InChI=1S/C17H20N4O.ClH/c18-14-7-6-12-9-21(10-13(12)14)17(22)16-8-15(19-20-16)11-4-2-1-3-5-11;/h1-5,8,12-14H,6-7,9-10,18H2,(H,19,20);1H. The maximum absolute atomic E-state index is 12.6. The summed E-state index contributed by atoms with van der Waals surface area (Å²) in [5.41, 5.74) is 8.52. The molecule has 23 heavy (non-hydrogen) atoms. The molecule has 2 aliphatic rings. The predicted octanol–water partition coefficient (Wildman–Crippen LogP) is 2.31. The largest absolute Gasteiger partial charge is 0.337 e. The van der Waals surface area contributed by atoms with Crippen molar-refractivity contribution in [3.8, 4) is 11.3 Å². The number of fused-ring (bicyclic) bond motifs is 1. The van der Waals surface area contributed by atoms with Crippen LogP contribution in [0.1, 0.15) is 23.3 Å². The van der Waals surface area contributed by atoms with E-state index in [1.165, 1.54) is 0 Å². The fourth-order valence-corrected chi connectivity index (χ4v) is 3.83. The first-order valence-corrected chi connectivity index (χ1v) is 7.88. The Morgan fingerprint density at radius 3 is 2.74 bits per heavy atom. The van der Waals surface area contributed by atoms with Crippen LogP contribution in [0.5, 0.6) is 0 Å². The minimum Gasteiger partial charge on any atom is -0.337 e. The maximum atomic E-state index is 12.6. The molecule has 1 aliphatic heterocycles. The minimum atomic E-state index is 0. The smallest absolute Gasteiger partial charge is 0.271 e. The van der Waals surface area contributed by atoms with Gasteiger partial charge in [-0.05, 0) is 30.7 Å². The van der Waals surface area contributed by atoms with E-state index in [0.717, 1.165) is 37.2 Å². The number of benzene rings is 1. The van der Waals surface area contributed by atoms with Crippen LogP contribution >= 0.6 is 12.4 Å². The Labute approximate surface area is 141 Å². The molecular weight excluding hydrogens is 312 g/mol. The average Bonchev–Trinajstić information content (AvgIpc) is 3.25. The molecule has 1 amide bonds. The van der Waals surface area contributed by atoms with Gasteiger partial charge in [-0.25, -0.2) is 0 Å². The molecule has 2 aromatic rings. The Balaban J connectivity index is 0.00000156. The molecule has 0 bridgehead atoms. The van der Waals surface area contributed by atoms with Crippen molar-refractivity contribution >= 4 is 18.3 Å². The first-order chi connectivity index (χ1) is 10.7. The zero-order valence-corrected chi connectivity index (χ0v) is 13.6. The van der Waals surface area contributed by atoms with E-state index in [2.05, 4.69) is 10.2 Å². The lowest BCUT2D eigenvalue weighted by Crippen LogP contribution is -2.33. The monoisotopic (exact) mass is 332 g/mol. The van der Waals surface area contributed by atoms with E-state index in [0.29, 0.717) is 17.5 Å². The number of rotatable bonds is 2. The van der Waals surface area contributed by atoms with Gasteiger partial charge in [0.25, 0.3) is 5.91 Å². The molecule has 1 aliphatic carbocycles. The zero-order chi connectivity index (χ0) is 15.1. The molecule has 1 aromatic heterocycles. The number of nitrogens with zero attached hydrogens (tertiary/aromatic N) is 2. The van der Waals surface area contributed by atoms with Crippen molar-refractivity contribution in [1.82, 2.24) is 15.1 Å². The molecular formula is C17H21ClN4O. The number of H-pyrrole nitrogens is 1. The quantitative estimate of drug-likeness (QED) is 0.886. The lowest BCUT2D eigenvalue weighted by molar-refractivity contribution is 0.0773. The van der Waals surface area contributed by atoms with Crippen LogP contribution in [0.2, 0.25) is 0 Å². The minimum absolute atomic E-state index is 0.